The maximum atomic E-state index is 8.95. The molecule has 5 heteroatoms. The second kappa shape index (κ2) is 2.52. The number of nitrogens with two attached hydrogens (primary N) is 1. The molecule has 54 valence electrons. The van der Waals surface area contributed by atoms with E-state index in [0.29, 0.717) is 0 Å². The van der Waals surface area contributed by atoms with Crippen LogP contribution in [0.15, 0.2) is 6.07 Å². The van der Waals surface area contributed by atoms with E-state index in [1.165, 1.54) is 6.07 Å². The highest BCUT2D eigenvalue weighted by Gasteiger charge is 2.04. The lowest BCUT2D eigenvalue weighted by atomic mass is 10.4. The van der Waals surface area contributed by atoms with Gasteiger partial charge in [-0.15, -0.1) is 0 Å². The summed E-state index contributed by atoms with van der Waals surface area (Å²) in [6.07, 6.45) is 0. The van der Waals surface area contributed by atoms with E-state index in [4.69, 9.17) is 34.0 Å². The second-order valence-electron chi connectivity index (χ2n) is 1.67. The number of pyridine rings is 1. The van der Waals surface area contributed by atoms with Crippen molar-refractivity contribution in [2.75, 3.05) is 5.73 Å². The smallest absolute Gasteiger partial charge is 0.176 e. The summed E-state index contributed by atoms with van der Waals surface area (Å²) in [5.41, 5.74) is 5.39. The molecule has 0 aromatic carbocycles. The summed E-state index contributed by atoms with van der Waals surface area (Å²) >= 11 is 10.8. The van der Waals surface area contributed by atoms with Crippen molar-refractivity contribution in [1.82, 2.24) is 4.98 Å². The first-order chi connectivity index (χ1) is 4.61. The second-order valence-corrected chi connectivity index (χ2v) is 2.42. The average Bonchev–Trinajstić information content (AvgIpc) is 1.82. The van der Waals surface area contributed by atoms with E-state index in [2.05, 4.69) is 4.98 Å². The number of rotatable bonds is 0. The standard InChI is InChI=1S/C5H4Cl2N2O/c6-3-1-2(8)4(10)5(7)9-3/h1,10H,(H2,8,9). The Labute approximate surface area is 67.4 Å². The highest BCUT2D eigenvalue weighted by Crippen LogP contribution is 2.29. The molecule has 0 saturated carbocycles. The SMILES string of the molecule is Nc1cc(Cl)nc(Cl)c1O. The summed E-state index contributed by atoms with van der Waals surface area (Å²) in [6.45, 7) is 0. The molecule has 1 rings (SSSR count). The largest absolute Gasteiger partial charge is 0.503 e. The fourth-order valence-electron chi connectivity index (χ4n) is 0.495. The van der Waals surface area contributed by atoms with Crippen LogP contribution in [0, 0.1) is 0 Å². The minimum atomic E-state index is -0.230. The fraction of sp³-hybridized carbons (Fsp3) is 0. The first kappa shape index (κ1) is 7.44. The van der Waals surface area contributed by atoms with Crippen LogP contribution in [0.5, 0.6) is 5.75 Å². The van der Waals surface area contributed by atoms with Crippen LogP contribution in [0.2, 0.25) is 10.3 Å². The quantitative estimate of drug-likeness (QED) is 0.595. The van der Waals surface area contributed by atoms with Gasteiger partial charge in [0.25, 0.3) is 0 Å². The van der Waals surface area contributed by atoms with E-state index >= 15 is 0 Å². The number of hydrogen-bond donors (Lipinski definition) is 2. The third kappa shape index (κ3) is 1.25. The van der Waals surface area contributed by atoms with Gasteiger partial charge in [-0.25, -0.2) is 4.98 Å². The van der Waals surface area contributed by atoms with Crippen LogP contribution in [0.4, 0.5) is 5.69 Å². The minimum Gasteiger partial charge on any atom is -0.503 e. The molecule has 0 radical (unpaired) electrons. The molecule has 0 saturated heterocycles. The van der Waals surface area contributed by atoms with Crippen LogP contribution in [-0.4, -0.2) is 10.1 Å². The van der Waals surface area contributed by atoms with E-state index in [0.717, 1.165) is 0 Å². The molecule has 1 heterocycles. The van der Waals surface area contributed by atoms with Gasteiger partial charge in [-0.3, -0.25) is 0 Å². The van der Waals surface area contributed by atoms with E-state index < -0.39 is 0 Å². The van der Waals surface area contributed by atoms with Gasteiger partial charge in [-0.2, -0.15) is 0 Å². The first-order valence-electron chi connectivity index (χ1n) is 2.41. The number of anilines is 1. The molecule has 3 nitrogen and oxygen atoms in total. The summed E-state index contributed by atoms with van der Waals surface area (Å²) < 4.78 is 0. The van der Waals surface area contributed by atoms with Crippen molar-refractivity contribution < 1.29 is 5.11 Å². The first-order valence-corrected chi connectivity index (χ1v) is 3.17. The highest BCUT2D eigenvalue weighted by atomic mass is 35.5. The van der Waals surface area contributed by atoms with Crippen molar-refractivity contribution in [3.8, 4) is 5.75 Å². The molecule has 10 heavy (non-hydrogen) atoms. The topological polar surface area (TPSA) is 59.1 Å². The molecule has 0 atom stereocenters. The molecule has 0 unspecified atom stereocenters. The highest BCUT2D eigenvalue weighted by molar-refractivity contribution is 6.33. The van der Waals surface area contributed by atoms with Crippen molar-refractivity contribution in [3.63, 3.8) is 0 Å². The van der Waals surface area contributed by atoms with Crippen molar-refractivity contribution in [2.24, 2.45) is 0 Å². The number of aromatic hydroxyl groups is 1. The lowest BCUT2D eigenvalue weighted by molar-refractivity contribution is 0.476. The number of nitrogen functional groups attached to an aromatic ring is 1. The zero-order valence-electron chi connectivity index (χ0n) is 4.81. The molecule has 0 aliphatic carbocycles. The van der Waals surface area contributed by atoms with Crippen molar-refractivity contribution in [3.05, 3.63) is 16.4 Å². The maximum absolute atomic E-state index is 8.95. The summed E-state index contributed by atoms with van der Waals surface area (Å²) in [7, 11) is 0. The monoisotopic (exact) mass is 178 g/mol. The van der Waals surface area contributed by atoms with Crippen LogP contribution in [0.3, 0.4) is 0 Å². The van der Waals surface area contributed by atoms with Gasteiger partial charge in [0.1, 0.15) is 5.15 Å². The van der Waals surface area contributed by atoms with Gasteiger partial charge in [0, 0.05) is 6.07 Å². The average molecular weight is 179 g/mol. The summed E-state index contributed by atoms with van der Waals surface area (Å²) in [6, 6.07) is 1.32. The van der Waals surface area contributed by atoms with Gasteiger partial charge in [0.15, 0.2) is 10.9 Å². The van der Waals surface area contributed by atoms with Gasteiger partial charge in [0.05, 0.1) is 5.69 Å². The Morgan fingerprint density at radius 2 is 2.10 bits per heavy atom. The normalized spacial score (nSPS) is 9.80. The van der Waals surface area contributed by atoms with Crippen LogP contribution in [-0.2, 0) is 0 Å². The van der Waals surface area contributed by atoms with Gasteiger partial charge < -0.3 is 10.8 Å². The van der Waals surface area contributed by atoms with E-state index in [-0.39, 0.29) is 21.7 Å². The van der Waals surface area contributed by atoms with E-state index in [1.54, 1.807) is 0 Å². The lowest BCUT2D eigenvalue weighted by Gasteiger charge is -1.99. The molecule has 1 aromatic heterocycles. The molecular weight excluding hydrogens is 175 g/mol. The van der Waals surface area contributed by atoms with E-state index in [1.807, 2.05) is 0 Å². The third-order valence-electron chi connectivity index (χ3n) is 0.948. The van der Waals surface area contributed by atoms with Crippen LogP contribution < -0.4 is 5.73 Å². The van der Waals surface area contributed by atoms with Crippen molar-refractivity contribution in [1.29, 1.82) is 0 Å². The maximum Gasteiger partial charge on any atom is 0.176 e. The number of halogens is 2. The summed E-state index contributed by atoms with van der Waals surface area (Å²) in [4.78, 5) is 3.53. The molecular formula is C5H4Cl2N2O. The third-order valence-corrected chi connectivity index (χ3v) is 1.41. The van der Waals surface area contributed by atoms with Gasteiger partial charge in [0.2, 0.25) is 0 Å². The molecule has 3 N–H and O–H groups in total. The lowest BCUT2D eigenvalue weighted by Crippen LogP contribution is -1.88. The summed E-state index contributed by atoms with van der Waals surface area (Å²) in [5.74, 6) is -0.230. The molecule has 0 fully saturated rings. The Hall–Kier alpha value is -0.670. The fourth-order valence-corrected chi connectivity index (χ4v) is 0.940. The van der Waals surface area contributed by atoms with Gasteiger partial charge in [-0.05, 0) is 0 Å². The predicted octanol–water partition coefficient (Wildman–Crippen LogP) is 1.68. The van der Waals surface area contributed by atoms with Crippen LogP contribution in [0.25, 0.3) is 0 Å². The Morgan fingerprint density at radius 1 is 1.50 bits per heavy atom. The van der Waals surface area contributed by atoms with Crippen LogP contribution in [0.1, 0.15) is 0 Å². The van der Waals surface area contributed by atoms with Crippen molar-refractivity contribution in [2.45, 2.75) is 0 Å². The molecule has 0 bridgehead atoms. The zero-order valence-corrected chi connectivity index (χ0v) is 6.32. The Morgan fingerprint density at radius 3 is 2.60 bits per heavy atom. The number of hydrogen-bond acceptors (Lipinski definition) is 3. The van der Waals surface area contributed by atoms with Crippen molar-refractivity contribution >= 4 is 28.9 Å². The molecule has 0 aliphatic heterocycles. The van der Waals surface area contributed by atoms with Gasteiger partial charge >= 0.3 is 0 Å². The zero-order chi connectivity index (χ0) is 7.72. The molecule has 0 amide bonds. The molecule has 0 aliphatic rings. The summed E-state index contributed by atoms with van der Waals surface area (Å²) in [5, 5.41) is 9.04. The van der Waals surface area contributed by atoms with E-state index in [9.17, 15) is 0 Å². The molecule has 1 aromatic rings. The molecule has 0 spiro atoms. The number of nitrogens with zero attached hydrogens (tertiary/aromatic N) is 1. The Balaban J connectivity index is 3.31. The predicted molar refractivity (Wildman–Crippen MR) is 40.3 cm³/mol. The Kier molecular flexibility index (Phi) is 1.87. The number of aromatic nitrogens is 1. The minimum absolute atomic E-state index is 0.0787. The van der Waals surface area contributed by atoms with Gasteiger partial charge in [-0.1, -0.05) is 23.2 Å². The van der Waals surface area contributed by atoms with Crippen LogP contribution >= 0.6 is 23.2 Å². The Bertz CT molecular complexity index is 241.